The maximum Gasteiger partial charge on any atom is 0.240 e. The van der Waals surface area contributed by atoms with Gasteiger partial charge in [0.15, 0.2) is 5.17 Å². The summed E-state index contributed by atoms with van der Waals surface area (Å²) in [6.07, 6.45) is 0.0689. The Bertz CT molecular complexity index is 897. The Kier molecular flexibility index (Phi) is 5.91. The van der Waals surface area contributed by atoms with E-state index in [0.717, 1.165) is 22.4 Å². The van der Waals surface area contributed by atoms with E-state index in [0.29, 0.717) is 11.7 Å². The standard InChI is InChI=1S/C20H20FN3O2S/c1-12-3-4-13(2)16(9-12)23-18(25)10-17-19(26)24-20(27-17)22-11-14-5-7-15(21)8-6-14/h3-9,17H,10-11H2,1-2H3,(H,23,25)(H,22,24,26)/t17-/m0/s1. The molecule has 2 amide bonds. The molecule has 0 saturated carbocycles. The maximum absolute atomic E-state index is 12.9. The summed E-state index contributed by atoms with van der Waals surface area (Å²) in [5.74, 6) is -0.741. The van der Waals surface area contributed by atoms with Gasteiger partial charge in [-0.1, -0.05) is 36.0 Å². The number of hydrogen-bond acceptors (Lipinski definition) is 4. The number of nitrogens with zero attached hydrogens (tertiary/aromatic N) is 1. The van der Waals surface area contributed by atoms with Crippen LogP contribution in [-0.4, -0.2) is 22.2 Å². The van der Waals surface area contributed by atoms with E-state index in [4.69, 9.17) is 0 Å². The fraction of sp³-hybridized carbons (Fsp3) is 0.250. The van der Waals surface area contributed by atoms with E-state index in [-0.39, 0.29) is 24.1 Å². The molecule has 1 saturated heterocycles. The first-order valence-electron chi connectivity index (χ1n) is 8.54. The molecule has 0 spiro atoms. The molecular weight excluding hydrogens is 365 g/mol. The molecule has 2 N–H and O–H groups in total. The number of rotatable bonds is 5. The minimum Gasteiger partial charge on any atom is -0.326 e. The molecule has 1 aliphatic rings. The van der Waals surface area contributed by atoms with Crippen molar-refractivity contribution in [1.29, 1.82) is 0 Å². The summed E-state index contributed by atoms with van der Waals surface area (Å²) < 4.78 is 12.9. The van der Waals surface area contributed by atoms with Crippen molar-refractivity contribution >= 4 is 34.4 Å². The molecule has 1 heterocycles. The molecule has 2 aromatic rings. The Morgan fingerprint density at radius 1 is 1.22 bits per heavy atom. The summed E-state index contributed by atoms with van der Waals surface area (Å²) >= 11 is 1.24. The summed E-state index contributed by atoms with van der Waals surface area (Å²) in [6, 6.07) is 11.9. The Morgan fingerprint density at radius 3 is 2.70 bits per heavy atom. The lowest BCUT2D eigenvalue weighted by atomic mass is 10.1. The molecular formula is C20H20FN3O2S. The number of nitrogens with one attached hydrogen (secondary N) is 2. The third-order valence-electron chi connectivity index (χ3n) is 4.13. The fourth-order valence-corrected chi connectivity index (χ4v) is 3.58. The van der Waals surface area contributed by atoms with Crippen LogP contribution >= 0.6 is 11.8 Å². The lowest BCUT2D eigenvalue weighted by molar-refractivity contribution is -0.122. The van der Waals surface area contributed by atoms with Crippen LogP contribution in [0.15, 0.2) is 47.5 Å². The van der Waals surface area contributed by atoms with Crippen LogP contribution in [-0.2, 0) is 16.1 Å². The zero-order chi connectivity index (χ0) is 19.4. The van der Waals surface area contributed by atoms with Crippen molar-refractivity contribution in [3.05, 3.63) is 65.0 Å². The van der Waals surface area contributed by atoms with Gasteiger partial charge >= 0.3 is 0 Å². The number of aryl methyl sites for hydroxylation is 2. The van der Waals surface area contributed by atoms with Crippen LogP contribution in [0.25, 0.3) is 0 Å². The zero-order valence-corrected chi connectivity index (χ0v) is 15.9. The van der Waals surface area contributed by atoms with Gasteiger partial charge in [0.25, 0.3) is 0 Å². The second-order valence-electron chi connectivity index (χ2n) is 6.41. The van der Waals surface area contributed by atoms with Gasteiger partial charge in [0.1, 0.15) is 11.1 Å². The zero-order valence-electron chi connectivity index (χ0n) is 15.1. The van der Waals surface area contributed by atoms with Gasteiger partial charge in [-0.3, -0.25) is 14.6 Å². The van der Waals surface area contributed by atoms with Crippen LogP contribution in [0.2, 0.25) is 0 Å². The van der Waals surface area contributed by atoms with Crippen LogP contribution in [0.4, 0.5) is 10.1 Å². The number of carbonyl (C=O) groups is 2. The summed E-state index contributed by atoms with van der Waals surface area (Å²) in [7, 11) is 0. The minimum atomic E-state index is -0.512. The predicted octanol–water partition coefficient (Wildman–Crippen LogP) is 3.56. The number of carbonyl (C=O) groups excluding carboxylic acids is 2. The molecule has 0 bridgehead atoms. The lowest BCUT2D eigenvalue weighted by Gasteiger charge is -2.10. The van der Waals surface area contributed by atoms with Gasteiger partial charge in [-0.05, 0) is 48.7 Å². The first-order chi connectivity index (χ1) is 12.9. The molecule has 0 aromatic heterocycles. The molecule has 0 aliphatic carbocycles. The van der Waals surface area contributed by atoms with Crippen molar-refractivity contribution in [2.75, 3.05) is 5.32 Å². The number of anilines is 1. The van der Waals surface area contributed by atoms with Crippen LogP contribution in [0.5, 0.6) is 0 Å². The quantitative estimate of drug-likeness (QED) is 0.827. The van der Waals surface area contributed by atoms with Crippen molar-refractivity contribution < 1.29 is 14.0 Å². The van der Waals surface area contributed by atoms with Crippen LogP contribution in [0, 0.1) is 19.7 Å². The van der Waals surface area contributed by atoms with Crippen molar-refractivity contribution in [3.63, 3.8) is 0 Å². The van der Waals surface area contributed by atoms with E-state index in [2.05, 4.69) is 15.6 Å². The van der Waals surface area contributed by atoms with E-state index in [9.17, 15) is 14.0 Å². The summed E-state index contributed by atoms with van der Waals surface area (Å²) in [6.45, 7) is 4.22. The second-order valence-corrected chi connectivity index (χ2v) is 7.61. The molecule has 7 heteroatoms. The summed E-state index contributed by atoms with van der Waals surface area (Å²) in [5.41, 5.74) is 3.63. The van der Waals surface area contributed by atoms with Gasteiger partial charge < -0.3 is 10.6 Å². The summed E-state index contributed by atoms with van der Waals surface area (Å²) in [5, 5.41) is 5.53. The molecule has 140 valence electrons. The fourth-order valence-electron chi connectivity index (χ4n) is 2.61. The van der Waals surface area contributed by atoms with E-state index in [1.807, 2.05) is 32.0 Å². The van der Waals surface area contributed by atoms with Gasteiger partial charge in [0, 0.05) is 12.1 Å². The average molecular weight is 385 g/mol. The van der Waals surface area contributed by atoms with Gasteiger partial charge in [0.2, 0.25) is 11.8 Å². The molecule has 1 aliphatic heterocycles. The highest BCUT2D eigenvalue weighted by Gasteiger charge is 2.32. The first kappa shape index (κ1) is 19.1. The number of benzene rings is 2. The summed E-state index contributed by atoms with van der Waals surface area (Å²) in [4.78, 5) is 28.8. The molecule has 1 atom stereocenters. The molecule has 0 unspecified atom stereocenters. The normalized spacial score (nSPS) is 17.8. The van der Waals surface area contributed by atoms with Gasteiger partial charge in [-0.25, -0.2) is 4.39 Å². The van der Waals surface area contributed by atoms with Crippen LogP contribution < -0.4 is 10.6 Å². The number of aliphatic imine (C=N–C) groups is 1. The first-order valence-corrected chi connectivity index (χ1v) is 9.42. The molecule has 2 aromatic carbocycles. The Balaban J connectivity index is 1.57. The highest BCUT2D eigenvalue weighted by atomic mass is 32.2. The molecule has 27 heavy (non-hydrogen) atoms. The SMILES string of the molecule is Cc1ccc(C)c(NC(=O)C[C@@H]2SC(=NCc3ccc(F)cc3)NC2=O)c1. The number of thioether (sulfide) groups is 1. The van der Waals surface area contributed by atoms with Gasteiger partial charge in [-0.15, -0.1) is 0 Å². The predicted molar refractivity (Wildman–Crippen MR) is 106 cm³/mol. The number of hydrogen-bond donors (Lipinski definition) is 2. The number of amidine groups is 1. The van der Waals surface area contributed by atoms with Crippen molar-refractivity contribution in [3.8, 4) is 0 Å². The van der Waals surface area contributed by atoms with Crippen LogP contribution in [0.3, 0.4) is 0 Å². The average Bonchev–Trinajstić information content (AvgIpc) is 2.97. The van der Waals surface area contributed by atoms with Gasteiger partial charge in [-0.2, -0.15) is 0 Å². The largest absolute Gasteiger partial charge is 0.326 e. The Labute approximate surface area is 161 Å². The number of amides is 2. The number of halogens is 1. The maximum atomic E-state index is 12.9. The van der Waals surface area contributed by atoms with E-state index >= 15 is 0 Å². The highest BCUT2D eigenvalue weighted by Crippen LogP contribution is 2.24. The molecule has 1 fully saturated rings. The topological polar surface area (TPSA) is 70.6 Å². The smallest absolute Gasteiger partial charge is 0.240 e. The lowest BCUT2D eigenvalue weighted by Crippen LogP contribution is -2.28. The van der Waals surface area contributed by atoms with Gasteiger partial charge in [0.05, 0.1) is 6.54 Å². The second kappa shape index (κ2) is 8.35. The minimum absolute atomic E-state index is 0.0689. The van der Waals surface area contributed by atoms with Crippen molar-refractivity contribution in [2.45, 2.75) is 32.1 Å². The molecule has 0 radical (unpaired) electrons. The van der Waals surface area contributed by atoms with E-state index in [1.54, 1.807) is 12.1 Å². The Morgan fingerprint density at radius 2 is 1.96 bits per heavy atom. The van der Waals surface area contributed by atoms with E-state index < -0.39 is 5.25 Å². The molecule has 5 nitrogen and oxygen atoms in total. The van der Waals surface area contributed by atoms with Crippen molar-refractivity contribution in [2.24, 2.45) is 4.99 Å². The third-order valence-corrected chi connectivity index (χ3v) is 5.25. The van der Waals surface area contributed by atoms with E-state index in [1.165, 1.54) is 23.9 Å². The third kappa shape index (κ3) is 5.17. The molecule has 3 rings (SSSR count). The highest BCUT2D eigenvalue weighted by molar-refractivity contribution is 8.15. The van der Waals surface area contributed by atoms with Crippen LogP contribution in [0.1, 0.15) is 23.1 Å². The Hall–Kier alpha value is -2.67. The monoisotopic (exact) mass is 385 g/mol. The van der Waals surface area contributed by atoms with Crippen molar-refractivity contribution in [1.82, 2.24) is 5.32 Å².